The van der Waals surface area contributed by atoms with Crippen LogP contribution in [0.3, 0.4) is 0 Å². The maximum Gasteiger partial charge on any atom is 0.0907 e. The van der Waals surface area contributed by atoms with E-state index in [1.165, 1.54) is 0 Å². The number of thiazole rings is 1. The Morgan fingerprint density at radius 1 is 1.47 bits per heavy atom. The van der Waals surface area contributed by atoms with E-state index in [0.717, 1.165) is 39.6 Å². The second kappa shape index (κ2) is 4.65. The number of likely N-dealkylation sites (N-methyl/N-ethyl adjacent to an activating group) is 1. The number of hydrogen-bond acceptors (Lipinski definition) is 5. The first-order valence-corrected chi connectivity index (χ1v) is 7.39. The van der Waals surface area contributed by atoms with Crippen LogP contribution in [-0.4, -0.2) is 30.8 Å². The standard InChI is InChI=1S/C14H19N3OS/c1-8-12(4-5-18-8)17(3)13-7-11-14(6-10(13)15)19-9(2)16-11/h6-8,12H,4-5,15H2,1-3H3. The van der Waals surface area contributed by atoms with Gasteiger partial charge in [0.2, 0.25) is 0 Å². The van der Waals surface area contributed by atoms with Gasteiger partial charge in [0.05, 0.1) is 38.7 Å². The Balaban J connectivity index is 2.01. The molecule has 5 heteroatoms. The van der Waals surface area contributed by atoms with Gasteiger partial charge in [-0.15, -0.1) is 11.3 Å². The van der Waals surface area contributed by atoms with Gasteiger partial charge in [-0.1, -0.05) is 0 Å². The number of benzene rings is 1. The van der Waals surface area contributed by atoms with Crippen LogP contribution in [-0.2, 0) is 4.74 Å². The van der Waals surface area contributed by atoms with Gasteiger partial charge in [0.25, 0.3) is 0 Å². The average Bonchev–Trinajstić information content (AvgIpc) is 2.92. The first-order chi connectivity index (χ1) is 9.06. The normalized spacial score (nSPS) is 23.1. The molecule has 0 spiro atoms. The predicted molar refractivity (Wildman–Crippen MR) is 81.0 cm³/mol. The first kappa shape index (κ1) is 12.7. The highest BCUT2D eigenvalue weighted by molar-refractivity contribution is 7.18. The van der Waals surface area contributed by atoms with Crippen LogP contribution in [0.15, 0.2) is 12.1 Å². The van der Waals surface area contributed by atoms with Crippen LogP contribution in [0.2, 0.25) is 0 Å². The quantitative estimate of drug-likeness (QED) is 0.858. The largest absolute Gasteiger partial charge is 0.397 e. The summed E-state index contributed by atoms with van der Waals surface area (Å²) < 4.78 is 6.80. The molecule has 2 heterocycles. The third-order valence-electron chi connectivity index (χ3n) is 3.86. The molecular weight excluding hydrogens is 258 g/mol. The molecule has 0 bridgehead atoms. The van der Waals surface area contributed by atoms with E-state index in [1.54, 1.807) is 11.3 Å². The molecule has 0 radical (unpaired) electrons. The second-order valence-electron chi connectivity index (χ2n) is 5.15. The number of nitrogens with zero attached hydrogens (tertiary/aromatic N) is 2. The summed E-state index contributed by atoms with van der Waals surface area (Å²) in [7, 11) is 2.09. The van der Waals surface area contributed by atoms with Crippen molar-refractivity contribution in [1.82, 2.24) is 4.98 Å². The van der Waals surface area contributed by atoms with Crippen LogP contribution in [0.4, 0.5) is 11.4 Å². The molecular formula is C14H19N3OS. The Bertz CT molecular complexity index is 610. The Labute approximate surface area is 117 Å². The average molecular weight is 277 g/mol. The lowest BCUT2D eigenvalue weighted by atomic mass is 10.1. The molecule has 2 aromatic rings. The van der Waals surface area contributed by atoms with E-state index in [9.17, 15) is 0 Å². The monoisotopic (exact) mass is 277 g/mol. The lowest BCUT2D eigenvalue weighted by Crippen LogP contribution is -2.37. The molecule has 1 fully saturated rings. The van der Waals surface area contributed by atoms with Crippen molar-refractivity contribution in [2.75, 3.05) is 24.3 Å². The van der Waals surface area contributed by atoms with Gasteiger partial charge in [-0.3, -0.25) is 0 Å². The molecule has 0 aliphatic carbocycles. The Hall–Kier alpha value is -1.33. The Morgan fingerprint density at radius 3 is 2.95 bits per heavy atom. The zero-order valence-corrected chi connectivity index (χ0v) is 12.3. The number of aromatic nitrogens is 1. The van der Waals surface area contributed by atoms with Gasteiger partial charge in [-0.25, -0.2) is 4.98 Å². The number of rotatable bonds is 2. The number of nitrogen functional groups attached to an aromatic ring is 1. The Kier molecular flexibility index (Phi) is 3.11. The minimum atomic E-state index is 0.247. The predicted octanol–water partition coefficient (Wildman–Crippen LogP) is 2.80. The molecule has 1 aromatic carbocycles. The number of fused-ring (bicyclic) bond motifs is 1. The van der Waals surface area contributed by atoms with Gasteiger partial charge >= 0.3 is 0 Å². The van der Waals surface area contributed by atoms with E-state index in [2.05, 4.69) is 29.9 Å². The van der Waals surface area contributed by atoms with Crippen LogP contribution < -0.4 is 10.6 Å². The van der Waals surface area contributed by atoms with Gasteiger partial charge in [0.15, 0.2) is 0 Å². The molecule has 1 saturated heterocycles. The number of hydrogen-bond donors (Lipinski definition) is 1. The van der Waals surface area contributed by atoms with Gasteiger partial charge < -0.3 is 15.4 Å². The fourth-order valence-electron chi connectivity index (χ4n) is 2.81. The van der Waals surface area contributed by atoms with E-state index < -0.39 is 0 Å². The molecule has 102 valence electrons. The Morgan fingerprint density at radius 2 is 2.26 bits per heavy atom. The number of aryl methyl sites for hydroxylation is 1. The minimum Gasteiger partial charge on any atom is -0.397 e. The lowest BCUT2D eigenvalue weighted by molar-refractivity contribution is 0.118. The van der Waals surface area contributed by atoms with Gasteiger partial charge in [-0.2, -0.15) is 0 Å². The summed E-state index contributed by atoms with van der Waals surface area (Å²) in [6, 6.07) is 4.52. The van der Waals surface area contributed by atoms with Gasteiger partial charge in [0.1, 0.15) is 0 Å². The SMILES string of the molecule is Cc1nc2cc(N(C)C3CCOC3C)c(N)cc2s1. The highest BCUT2D eigenvalue weighted by Crippen LogP contribution is 2.34. The summed E-state index contributed by atoms with van der Waals surface area (Å²) in [5.74, 6) is 0. The van der Waals surface area contributed by atoms with Crippen LogP contribution in [0.1, 0.15) is 18.4 Å². The molecule has 0 saturated carbocycles. The zero-order chi connectivity index (χ0) is 13.6. The van der Waals surface area contributed by atoms with E-state index in [4.69, 9.17) is 10.5 Å². The second-order valence-corrected chi connectivity index (χ2v) is 6.39. The van der Waals surface area contributed by atoms with Gasteiger partial charge in [-0.05, 0) is 32.4 Å². The van der Waals surface area contributed by atoms with Crippen LogP contribution in [0, 0.1) is 6.92 Å². The van der Waals surface area contributed by atoms with Crippen molar-refractivity contribution in [1.29, 1.82) is 0 Å². The molecule has 4 nitrogen and oxygen atoms in total. The smallest absolute Gasteiger partial charge is 0.0907 e. The molecule has 2 atom stereocenters. The van der Waals surface area contributed by atoms with Gasteiger partial charge in [0, 0.05) is 13.7 Å². The van der Waals surface area contributed by atoms with E-state index in [0.29, 0.717) is 6.04 Å². The van der Waals surface area contributed by atoms with E-state index in [1.807, 2.05) is 13.0 Å². The minimum absolute atomic E-state index is 0.247. The van der Waals surface area contributed by atoms with Crippen molar-refractivity contribution >= 4 is 32.9 Å². The summed E-state index contributed by atoms with van der Waals surface area (Å²) >= 11 is 1.69. The highest BCUT2D eigenvalue weighted by Gasteiger charge is 2.29. The molecule has 0 amide bonds. The third kappa shape index (κ3) is 2.17. The topological polar surface area (TPSA) is 51.4 Å². The maximum atomic E-state index is 6.21. The summed E-state index contributed by atoms with van der Waals surface area (Å²) in [5, 5.41) is 1.08. The molecule has 1 aliphatic rings. The van der Waals surface area contributed by atoms with Crippen LogP contribution in [0.25, 0.3) is 10.2 Å². The molecule has 2 unspecified atom stereocenters. The zero-order valence-electron chi connectivity index (χ0n) is 11.5. The van der Waals surface area contributed by atoms with Crippen molar-refractivity contribution in [3.05, 3.63) is 17.1 Å². The molecule has 1 aliphatic heterocycles. The first-order valence-electron chi connectivity index (χ1n) is 6.57. The van der Waals surface area contributed by atoms with Crippen molar-refractivity contribution in [2.24, 2.45) is 0 Å². The van der Waals surface area contributed by atoms with Crippen LogP contribution >= 0.6 is 11.3 Å². The van der Waals surface area contributed by atoms with Crippen LogP contribution in [0.5, 0.6) is 0 Å². The van der Waals surface area contributed by atoms with Crippen molar-refractivity contribution in [2.45, 2.75) is 32.4 Å². The number of nitrogens with two attached hydrogens (primary N) is 1. The van der Waals surface area contributed by atoms with Crippen molar-refractivity contribution < 1.29 is 4.74 Å². The third-order valence-corrected chi connectivity index (χ3v) is 4.79. The molecule has 3 rings (SSSR count). The fraction of sp³-hybridized carbons (Fsp3) is 0.500. The summed E-state index contributed by atoms with van der Waals surface area (Å²) in [6.45, 7) is 4.97. The van der Waals surface area contributed by atoms with Crippen molar-refractivity contribution in [3.63, 3.8) is 0 Å². The lowest BCUT2D eigenvalue weighted by Gasteiger charge is -2.29. The highest BCUT2D eigenvalue weighted by atomic mass is 32.1. The maximum absolute atomic E-state index is 6.21. The fourth-order valence-corrected chi connectivity index (χ4v) is 3.66. The van der Waals surface area contributed by atoms with E-state index >= 15 is 0 Å². The molecule has 1 aromatic heterocycles. The summed E-state index contributed by atoms with van der Waals surface area (Å²) in [6.07, 6.45) is 1.29. The number of anilines is 2. The number of ether oxygens (including phenoxy) is 1. The summed E-state index contributed by atoms with van der Waals surface area (Å²) in [5.41, 5.74) is 9.11. The molecule has 19 heavy (non-hydrogen) atoms. The molecule has 2 N–H and O–H groups in total. The van der Waals surface area contributed by atoms with E-state index in [-0.39, 0.29) is 6.10 Å². The van der Waals surface area contributed by atoms with Crippen molar-refractivity contribution in [3.8, 4) is 0 Å². The summed E-state index contributed by atoms with van der Waals surface area (Å²) in [4.78, 5) is 6.79.